The van der Waals surface area contributed by atoms with Crippen molar-refractivity contribution < 1.29 is 9.53 Å². The van der Waals surface area contributed by atoms with Gasteiger partial charge < -0.3 is 4.74 Å². The average Bonchev–Trinajstić information content (AvgIpc) is 2.82. The van der Waals surface area contributed by atoms with Gasteiger partial charge in [-0.05, 0) is 35.1 Å². The molecule has 88 valence electrons. The molecule has 2 aromatic rings. The molecule has 1 aromatic heterocycles. The Balaban J connectivity index is 2.14. The zero-order chi connectivity index (χ0) is 12.3. The van der Waals surface area contributed by atoms with Gasteiger partial charge in [-0.15, -0.1) is 11.3 Å². The molecule has 1 aromatic carbocycles. The summed E-state index contributed by atoms with van der Waals surface area (Å²) >= 11 is 1.39. The van der Waals surface area contributed by atoms with Gasteiger partial charge in [0.15, 0.2) is 0 Å². The molecule has 0 aliphatic rings. The molecule has 0 unspecified atom stereocenters. The highest BCUT2D eigenvalue weighted by Crippen LogP contribution is 2.21. The van der Waals surface area contributed by atoms with Crippen molar-refractivity contribution in [2.45, 2.75) is 19.8 Å². The molecule has 0 aliphatic carbocycles. The van der Waals surface area contributed by atoms with Crippen molar-refractivity contribution in [2.75, 3.05) is 0 Å². The summed E-state index contributed by atoms with van der Waals surface area (Å²) in [7, 11) is 0. The van der Waals surface area contributed by atoms with Crippen LogP contribution in [0.5, 0.6) is 5.75 Å². The summed E-state index contributed by atoms with van der Waals surface area (Å²) < 4.78 is 5.32. The zero-order valence-electron chi connectivity index (χ0n) is 9.84. The van der Waals surface area contributed by atoms with Crippen molar-refractivity contribution in [3.05, 3.63) is 52.2 Å². The van der Waals surface area contributed by atoms with Crippen molar-refractivity contribution in [3.63, 3.8) is 0 Å². The second-order valence-corrected chi connectivity index (χ2v) is 5.04. The molecule has 2 nitrogen and oxygen atoms in total. The fourth-order valence-electron chi connectivity index (χ4n) is 1.49. The molecule has 0 radical (unpaired) electrons. The van der Waals surface area contributed by atoms with Crippen LogP contribution in [0, 0.1) is 0 Å². The Morgan fingerprint density at radius 2 is 2.06 bits per heavy atom. The Morgan fingerprint density at radius 3 is 2.71 bits per heavy atom. The Morgan fingerprint density at radius 1 is 1.24 bits per heavy atom. The predicted molar refractivity (Wildman–Crippen MR) is 69.8 cm³/mol. The number of hydrogen-bond donors (Lipinski definition) is 0. The first kappa shape index (κ1) is 11.9. The van der Waals surface area contributed by atoms with E-state index in [0.717, 1.165) is 0 Å². The van der Waals surface area contributed by atoms with Crippen LogP contribution in [0.2, 0.25) is 0 Å². The highest BCUT2D eigenvalue weighted by molar-refractivity contribution is 7.12. The highest BCUT2D eigenvalue weighted by Gasteiger charge is 2.10. The van der Waals surface area contributed by atoms with Gasteiger partial charge in [0.2, 0.25) is 0 Å². The molecule has 0 spiro atoms. The monoisotopic (exact) mass is 246 g/mol. The van der Waals surface area contributed by atoms with Gasteiger partial charge in [0, 0.05) is 0 Å². The van der Waals surface area contributed by atoms with E-state index in [2.05, 4.69) is 13.8 Å². The third kappa shape index (κ3) is 2.94. The second kappa shape index (κ2) is 5.15. The number of ether oxygens (including phenoxy) is 1. The van der Waals surface area contributed by atoms with E-state index in [0.29, 0.717) is 16.5 Å². The number of carbonyl (C=O) groups excluding carboxylic acids is 1. The lowest BCUT2D eigenvalue weighted by Crippen LogP contribution is -2.06. The van der Waals surface area contributed by atoms with Crippen molar-refractivity contribution in [1.29, 1.82) is 0 Å². The largest absolute Gasteiger partial charge is 0.422 e. The van der Waals surface area contributed by atoms with E-state index < -0.39 is 0 Å². The summed E-state index contributed by atoms with van der Waals surface area (Å²) in [5.74, 6) is 0.742. The normalized spacial score (nSPS) is 10.5. The first-order chi connectivity index (χ1) is 8.16. The summed E-state index contributed by atoms with van der Waals surface area (Å²) in [6.07, 6.45) is 0. The Labute approximate surface area is 105 Å². The van der Waals surface area contributed by atoms with E-state index in [1.165, 1.54) is 16.9 Å². The fraction of sp³-hybridized carbons (Fsp3) is 0.214. The number of thiophene rings is 1. The zero-order valence-corrected chi connectivity index (χ0v) is 10.7. The molecule has 1 heterocycles. The van der Waals surface area contributed by atoms with E-state index in [-0.39, 0.29) is 5.97 Å². The number of benzene rings is 1. The minimum atomic E-state index is -0.291. The Bertz CT molecular complexity index is 501. The van der Waals surface area contributed by atoms with Crippen LogP contribution in [-0.2, 0) is 0 Å². The third-order valence-corrected chi connectivity index (χ3v) is 3.31. The van der Waals surface area contributed by atoms with E-state index in [1.807, 2.05) is 29.6 Å². The highest BCUT2D eigenvalue weighted by atomic mass is 32.1. The van der Waals surface area contributed by atoms with E-state index in [4.69, 9.17) is 4.74 Å². The van der Waals surface area contributed by atoms with Crippen LogP contribution in [-0.4, -0.2) is 5.97 Å². The van der Waals surface area contributed by atoms with Crippen LogP contribution in [0.15, 0.2) is 41.8 Å². The molecule has 17 heavy (non-hydrogen) atoms. The van der Waals surface area contributed by atoms with Crippen LogP contribution in [0.25, 0.3) is 0 Å². The summed E-state index contributed by atoms with van der Waals surface area (Å²) in [6.45, 7) is 4.22. The maximum absolute atomic E-state index is 11.7. The minimum Gasteiger partial charge on any atom is -0.422 e. The maximum atomic E-state index is 11.7. The number of esters is 1. The van der Waals surface area contributed by atoms with Crippen LogP contribution in [0.4, 0.5) is 0 Å². The summed E-state index contributed by atoms with van der Waals surface area (Å²) in [4.78, 5) is 12.4. The molecule has 0 bridgehead atoms. The van der Waals surface area contributed by atoms with Gasteiger partial charge in [-0.3, -0.25) is 0 Å². The van der Waals surface area contributed by atoms with E-state index in [9.17, 15) is 4.79 Å². The second-order valence-electron chi connectivity index (χ2n) is 4.09. The van der Waals surface area contributed by atoms with Gasteiger partial charge in [0.1, 0.15) is 10.6 Å². The maximum Gasteiger partial charge on any atom is 0.353 e. The Hall–Kier alpha value is -1.61. The van der Waals surface area contributed by atoms with Gasteiger partial charge in [-0.1, -0.05) is 32.0 Å². The van der Waals surface area contributed by atoms with Crippen LogP contribution < -0.4 is 4.74 Å². The number of rotatable bonds is 3. The van der Waals surface area contributed by atoms with Crippen molar-refractivity contribution >= 4 is 17.3 Å². The lowest BCUT2D eigenvalue weighted by molar-refractivity contribution is 0.0739. The number of hydrogen-bond acceptors (Lipinski definition) is 3. The molecular formula is C14H14O2S. The molecule has 0 saturated carbocycles. The molecule has 0 saturated heterocycles. The van der Waals surface area contributed by atoms with Crippen molar-refractivity contribution in [3.8, 4) is 5.75 Å². The number of carbonyl (C=O) groups is 1. The third-order valence-electron chi connectivity index (χ3n) is 2.46. The van der Waals surface area contributed by atoms with Crippen LogP contribution in [0.3, 0.4) is 0 Å². The molecule has 0 amide bonds. The van der Waals surface area contributed by atoms with Gasteiger partial charge in [0.25, 0.3) is 0 Å². The molecule has 0 atom stereocenters. The molecule has 0 aliphatic heterocycles. The predicted octanol–water partition coefficient (Wildman–Crippen LogP) is 4.09. The summed E-state index contributed by atoms with van der Waals surface area (Å²) in [5.41, 5.74) is 1.17. The first-order valence-corrected chi connectivity index (χ1v) is 6.40. The molecule has 3 heteroatoms. The van der Waals surface area contributed by atoms with Gasteiger partial charge in [-0.2, -0.15) is 0 Å². The summed E-state index contributed by atoms with van der Waals surface area (Å²) in [6, 6.07) is 11.3. The smallest absolute Gasteiger partial charge is 0.353 e. The Kier molecular flexibility index (Phi) is 3.59. The summed E-state index contributed by atoms with van der Waals surface area (Å²) in [5, 5.41) is 1.86. The van der Waals surface area contributed by atoms with E-state index >= 15 is 0 Å². The van der Waals surface area contributed by atoms with Gasteiger partial charge in [0.05, 0.1) is 0 Å². The lowest BCUT2D eigenvalue weighted by Gasteiger charge is -2.08. The van der Waals surface area contributed by atoms with E-state index in [1.54, 1.807) is 12.1 Å². The molecular weight excluding hydrogens is 232 g/mol. The van der Waals surface area contributed by atoms with Crippen LogP contribution >= 0.6 is 11.3 Å². The standard InChI is InChI=1S/C14H14O2S/c1-10(2)11-5-3-6-12(9-11)16-14(15)13-7-4-8-17-13/h3-10H,1-2H3. The van der Waals surface area contributed by atoms with Crippen molar-refractivity contribution in [1.82, 2.24) is 0 Å². The topological polar surface area (TPSA) is 26.3 Å². The molecule has 0 N–H and O–H groups in total. The average molecular weight is 246 g/mol. The minimum absolute atomic E-state index is 0.291. The first-order valence-electron chi connectivity index (χ1n) is 5.52. The lowest BCUT2D eigenvalue weighted by atomic mass is 10.0. The van der Waals surface area contributed by atoms with Crippen LogP contribution in [0.1, 0.15) is 35.0 Å². The SMILES string of the molecule is CC(C)c1cccc(OC(=O)c2cccs2)c1. The van der Waals surface area contributed by atoms with Crippen molar-refractivity contribution in [2.24, 2.45) is 0 Å². The molecule has 0 fully saturated rings. The quantitative estimate of drug-likeness (QED) is 0.602. The van der Waals surface area contributed by atoms with Gasteiger partial charge in [-0.25, -0.2) is 4.79 Å². The van der Waals surface area contributed by atoms with Gasteiger partial charge >= 0.3 is 5.97 Å². The fourth-order valence-corrected chi connectivity index (χ4v) is 2.09. The molecule has 2 rings (SSSR count).